The number of aliphatic hydroxyl groups is 1. The highest BCUT2D eigenvalue weighted by molar-refractivity contribution is 6.12. The Morgan fingerprint density at radius 2 is 1.76 bits per heavy atom. The molecule has 1 atom stereocenters. The van der Waals surface area contributed by atoms with Gasteiger partial charge in [0.15, 0.2) is 5.72 Å². The Morgan fingerprint density at radius 1 is 1.14 bits per heavy atom. The number of allylic oxidation sites excluding steroid dienone is 1. The molecule has 3 rings (SSSR count). The number of amides is 1. The first-order chi connectivity index (χ1) is 9.94. The quantitative estimate of drug-likeness (QED) is 0.913. The monoisotopic (exact) mass is 279 g/mol. The third-order valence-electron chi connectivity index (χ3n) is 3.91. The van der Waals surface area contributed by atoms with Gasteiger partial charge in [-0.15, -0.1) is 0 Å². The standard InChI is InChI=1S/C18H17NO2/c1-12(2)13-8-5-7-11-16(13)19-17(20)14-9-4-6-10-15(14)18(19,3)21/h4-11,21H,1H2,2-3H3. The van der Waals surface area contributed by atoms with E-state index in [9.17, 15) is 9.90 Å². The van der Waals surface area contributed by atoms with Crippen LogP contribution in [0.1, 0.15) is 35.3 Å². The SMILES string of the molecule is C=C(C)c1ccccc1N1C(=O)c2ccccc2C1(C)O. The molecule has 3 nitrogen and oxygen atoms in total. The molecule has 1 aliphatic heterocycles. The van der Waals surface area contributed by atoms with Crippen LogP contribution in [0.3, 0.4) is 0 Å². The first-order valence-electron chi connectivity index (χ1n) is 6.86. The smallest absolute Gasteiger partial charge is 0.261 e. The van der Waals surface area contributed by atoms with Gasteiger partial charge < -0.3 is 5.11 Å². The summed E-state index contributed by atoms with van der Waals surface area (Å²) in [6, 6.07) is 14.7. The summed E-state index contributed by atoms with van der Waals surface area (Å²) in [4.78, 5) is 14.2. The summed E-state index contributed by atoms with van der Waals surface area (Å²) in [6.45, 7) is 7.49. The molecule has 1 heterocycles. The highest BCUT2D eigenvalue weighted by Gasteiger charge is 2.46. The molecule has 0 bridgehead atoms. The van der Waals surface area contributed by atoms with Crippen molar-refractivity contribution >= 4 is 17.2 Å². The number of carbonyl (C=O) groups excluding carboxylic acids is 1. The predicted molar refractivity (Wildman–Crippen MR) is 84.0 cm³/mol. The first-order valence-corrected chi connectivity index (χ1v) is 6.86. The van der Waals surface area contributed by atoms with Crippen molar-refractivity contribution in [2.45, 2.75) is 19.6 Å². The van der Waals surface area contributed by atoms with Crippen LogP contribution in [0.25, 0.3) is 5.57 Å². The van der Waals surface area contributed by atoms with Gasteiger partial charge in [0.1, 0.15) is 0 Å². The van der Waals surface area contributed by atoms with Crippen molar-refractivity contribution in [1.29, 1.82) is 0 Å². The van der Waals surface area contributed by atoms with Crippen molar-refractivity contribution in [3.63, 3.8) is 0 Å². The molecule has 0 saturated heterocycles. The summed E-state index contributed by atoms with van der Waals surface area (Å²) >= 11 is 0. The predicted octanol–water partition coefficient (Wildman–Crippen LogP) is 3.55. The fourth-order valence-electron chi connectivity index (χ4n) is 2.89. The molecule has 106 valence electrons. The Kier molecular flexibility index (Phi) is 2.96. The molecule has 1 amide bonds. The van der Waals surface area contributed by atoms with Crippen LogP contribution >= 0.6 is 0 Å². The number of anilines is 1. The molecule has 0 spiro atoms. The van der Waals surface area contributed by atoms with Crippen LogP contribution in [0.2, 0.25) is 0 Å². The van der Waals surface area contributed by atoms with E-state index in [1.807, 2.05) is 37.3 Å². The third kappa shape index (κ3) is 1.89. The molecule has 1 aliphatic rings. The second kappa shape index (κ2) is 4.57. The first kappa shape index (κ1) is 13.6. The summed E-state index contributed by atoms with van der Waals surface area (Å²) in [7, 11) is 0. The number of para-hydroxylation sites is 1. The number of nitrogens with zero attached hydrogens (tertiary/aromatic N) is 1. The van der Waals surface area contributed by atoms with E-state index in [-0.39, 0.29) is 5.91 Å². The third-order valence-corrected chi connectivity index (χ3v) is 3.91. The van der Waals surface area contributed by atoms with Crippen molar-refractivity contribution in [3.05, 3.63) is 71.8 Å². The lowest BCUT2D eigenvalue weighted by molar-refractivity contribution is 0.0554. The summed E-state index contributed by atoms with van der Waals surface area (Å²) in [5.41, 5.74) is 2.20. The molecule has 3 heteroatoms. The Hall–Kier alpha value is -2.39. The summed E-state index contributed by atoms with van der Waals surface area (Å²) < 4.78 is 0. The zero-order chi connectivity index (χ0) is 15.2. The number of hydrogen-bond donors (Lipinski definition) is 1. The second-order valence-electron chi connectivity index (χ2n) is 5.50. The van der Waals surface area contributed by atoms with Gasteiger partial charge in [0, 0.05) is 16.7 Å². The van der Waals surface area contributed by atoms with Gasteiger partial charge in [-0.05, 0) is 31.6 Å². The van der Waals surface area contributed by atoms with Gasteiger partial charge in [-0.25, -0.2) is 0 Å². The molecule has 21 heavy (non-hydrogen) atoms. The summed E-state index contributed by atoms with van der Waals surface area (Å²) in [6.07, 6.45) is 0. The topological polar surface area (TPSA) is 40.5 Å². The lowest BCUT2D eigenvalue weighted by atomic mass is 10.0. The fourth-order valence-corrected chi connectivity index (χ4v) is 2.89. The van der Waals surface area contributed by atoms with Gasteiger partial charge in [0.05, 0.1) is 5.69 Å². The molecule has 0 saturated carbocycles. The van der Waals surface area contributed by atoms with Crippen LogP contribution in [-0.4, -0.2) is 11.0 Å². The van der Waals surface area contributed by atoms with Gasteiger partial charge in [-0.3, -0.25) is 9.69 Å². The Morgan fingerprint density at radius 3 is 2.43 bits per heavy atom. The van der Waals surface area contributed by atoms with Crippen molar-refractivity contribution in [2.24, 2.45) is 0 Å². The molecule has 0 fully saturated rings. The van der Waals surface area contributed by atoms with E-state index in [2.05, 4.69) is 6.58 Å². The van der Waals surface area contributed by atoms with Crippen LogP contribution in [0.4, 0.5) is 5.69 Å². The van der Waals surface area contributed by atoms with Gasteiger partial charge >= 0.3 is 0 Å². The minimum absolute atomic E-state index is 0.190. The maximum atomic E-state index is 12.7. The molecule has 1 N–H and O–H groups in total. The van der Waals surface area contributed by atoms with E-state index in [0.29, 0.717) is 16.8 Å². The molecule has 0 radical (unpaired) electrons. The largest absolute Gasteiger partial charge is 0.367 e. The van der Waals surface area contributed by atoms with E-state index in [1.54, 1.807) is 25.1 Å². The van der Waals surface area contributed by atoms with E-state index in [4.69, 9.17) is 0 Å². The maximum absolute atomic E-state index is 12.7. The zero-order valence-electron chi connectivity index (χ0n) is 12.1. The van der Waals surface area contributed by atoms with E-state index >= 15 is 0 Å². The average Bonchev–Trinajstić information content (AvgIpc) is 2.67. The zero-order valence-corrected chi connectivity index (χ0v) is 12.1. The van der Waals surface area contributed by atoms with Crippen LogP contribution in [-0.2, 0) is 5.72 Å². The lowest BCUT2D eigenvalue weighted by Crippen LogP contribution is -2.42. The molecule has 0 aliphatic carbocycles. The lowest BCUT2D eigenvalue weighted by Gasteiger charge is -2.32. The van der Waals surface area contributed by atoms with E-state index in [0.717, 1.165) is 11.1 Å². The fraction of sp³-hybridized carbons (Fsp3) is 0.167. The van der Waals surface area contributed by atoms with Gasteiger partial charge in [0.25, 0.3) is 5.91 Å². The highest BCUT2D eigenvalue weighted by atomic mass is 16.3. The number of benzene rings is 2. The highest BCUT2D eigenvalue weighted by Crippen LogP contribution is 2.42. The maximum Gasteiger partial charge on any atom is 0.261 e. The summed E-state index contributed by atoms with van der Waals surface area (Å²) in [5.74, 6) is -0.190. The van der Waals surface area contributed by atoms with E-state index in [1.165, 1.54) is 4.90 Å². The second-order valence-corrected chi connectivity index (χ2v) is 5.50. The summed E-state index contributed by atoms with van der Waals surface area (Å²) in [5, 5.41) is 10.9. The van der Waals surface area contributed by atoms with Gasteiger partial charge in [0.2, 0.25) is 0 Å². The van der Waals surface area contributed by atoms with Crippen LogP contribution in [0, 0.1) is 0 Å². The number of fused-ring (bicyclic) bond motifs is 1. The van der Waals surface area contributed by atoms with Gasteiger partial charge in [-0.2, -0.15) is 0 Å². The molecular formula is C18H17NO2. The van der Waals surface area contributed by atoms with Crippen molar-refractivity contribution in [3.8, 4) is 0 Å². The van der Waals surface area contributed by atoms with Crippen LogP contribution in [0.15, 0.2) is 55.1 Å². The minimum Gasteiger partial charge on any atom is -0.367 e. The van der Waals surface area contributed by atoms with E-state index < -0.39 is 5.72 Å². The molecule has 2 aromatic carbocycles. The number of hydrogen-bond acceptors (Lipinski definition) is 2. The Balaban J connectivity index is 2.22. The molecule has 2 aromatic rings. The van der Waals surface area contributed by atoms with Crippen molar-refractivity contribution in [2.75, 3.05) is 4.90 Å². The number of carbonyl (C=O) groups is 1. The van der Waals surface area contributed by atoms with Gasteiger partial charge in [-0.1, -0.05) is 43.0 Å². The molecule has 0 aromatic heterocycles. The Bertz CT molecular complexity index is 746. The minimum atomic E-state index is -1.36. The van der Waals surface area contributed by atoms with Crippen LogP contribution in [0.5, 0.6) is 0 Å². The van der Waals surface area contributed by atoms with Crippen molar-refractivity contribution < 1.29 is 9.90 Å². The molecular weight excluding hydrogens is 262 g/mol. The van der Waals surface area contributed by atoms with Crippen LogP contribution < -0.4 is 4.90 Å². The number of rotatable bonds is 2. The normalized spacial score (nSPS) is 20.5. The molecule has 1 unspecified atom stereocenters. The van der Waals surface area contributed by atoms with Crippen molar-refractivity contribution in [1.82, 2.24) is 0 Å². The Labute approximate surface area is 124 Å². The average molecular weight is 279 g/mol.